The van der Waals surface area contributed by atoms with Gasteiger partial charge in [0, 0.05) is 24.5 Å². The number of nitrogens with zero attached hydrogens (tertiary/aromatic N) is 3. The van der Waals surface area contributed by atoms with Gasteiger partial charge in [-0.3, -0.25) is 0 Å². The quantitative estimate of drug-likeness (QED) is 0.931. The average Bonchev–Trinajstić information content (AvgIpc) is 2.82. The van der Waals surface area contributed by atoms with E-state index in [1.807, 2.05) is 5.38 Å². The van der Waals surface area contributed by atoms with Crippen molar-refractivity contribution in [2.45, 2.75) is 12.6 Å². The van der Waals surface area contributed by atoms with E-state index in [0.29, 0.717) is 18.8 Å². The lowest BCUT2D eigenvalue weighted by molar-refractivity contribution is -0.141. The molecule has 96 valence electrons. The zero-order valence-electron chi connectivity index (χ0n) is 9.11. The van der Waals surface area contributed by atoms with Crippen molar-refractivity contribution in [2.75, 3.05) is 11.9 Å². The minimum absolute atomic E-state index is 0.319. The highest BCUT2D eigenvalue weighted by Crippen LogP contribution is 2.26. The highest BCUT2D eigenvalue weighted by Gasteiger charge is 2.32. The topological polar surface area (TPSA) is 50.7 Å². The number of halogens is 3. The first-order valence-corrected chi connectivity index (χ1v) is 5.97. The van der Waals surface area contributed by atoms with Crippen molar-refractivity contribution in [1.29, 1.82) is 0 Å². The van der Waals surface area contributed by atoms with Gasteiger partial charge in [-0.15, -0.1) is 21.5 Å². The SMILES string of the molecule is FC(F)(F)c1ccc(NCCc2nccs2)nn1. The minimum Gasteiger partial charge on any atom is -0.368 e. The van der Waals surface area contributed by atoms with Crippen molar-refractivity contribution in [1.82, 2.24) is 15.2 Å². The van der Waals surface area contributed by atoms with Crippen molar-refractivity contribution < 1.29 is 13.2 Å². The van der Waals surface area contributed by atoms with E-state index in [0.717, 1.165) is 11.1 Å². The van der Waals surface area contributed by atoms with E-state index in [1.54, 1.807) is 6.20 Å². The number of nitrogens with one attached hydrogen (secondary N) is 1. The molecule has 2 rings (SSSR count). The lowest BCUT2D eigenvalue weighted by Crippen LogP contribution is -2.11. The van der Waals surface area contributed by atoms with Gasteiger partial charge in [-0.2, -0.15) is 13.2 Å². The van der Waals surface area contributed by atoms with Crippen LogP contribution in [0.5, 0.6) is 0 Å². The Morgan fingerprint density at radius 1 is 1.22 bits per heavy atom. The third kappa shape index (κ3) is 3.39. The molecule has 0 atom stereocenters. The van der Waals surface area contributed by atoms with E-state index in [-0.39, 0.29) is 0 Å². The van der Waals surface area contributed by atoms with E-state index in [9.17, 15) is 13.2 Å². The molecule has 2 aromatic heterocycles. The second-order valence-electron chi connectivity index (χ2n) is 3.40. The predicted octanol–water partition coefficient (Wildman–Crippen LogP) is 2.61. The highest BCUT2D eigenvalue weighted by atomic mass is 32.1. The molecular formula is C10H9F3N4S. The summed E-state index contributed by atoms with van der Waals surface area (Å²) in [5.74, 6) is 0.319. The second kappa shape index (κ2) is 5.30. The summed E-state index contributed by atoms with van der Waals surface area (Å²) in [6.45, 7) is 0.549. The molecule has 0 aliphatic heterocycles. The maximum absolute atomic E-state index is 12.2. The molecule has 4 nitrogen and oxygen atoms in total. The predicted molar refractivity (Wildman–Crippen MR) is 61.3 cm³/mol. The van der Waals surface area contributed by atoms with Crippen LogP contribution in [0, 0.1) is 0 Å². The number of hydrogen-bond donors (Lipinski definition) is 1. The summed E-state index contributed by atoms with van der Waals surface area (Å²) in [6, 6.07) is 2.16. The number of aromatic nitrogens is 3. The number of hydrogen-bond acceptors (Lipinski definition) is 5. The Labute approximate surface area is 105 Å². The summed E-state index contributed by atoms with van der Waals surface area (Å²) in [6.07, 6.45) is -2.05. The Kier molecular flexibility index (Phi) is 3.75. The molecule has 8 heteroatoms. The molecule has 0 saturated heterocycles. The summed E-state index contributed by atoms with van der Waals surface area (Å²) < 4.78 is 36.7. The van der Waals surface area contributed by atoms with Crippen LogP contribution in [0.3, 0.4) is 0 Å². The van der Waals surface area contributed by atoms with Gasteiger partial charge in [0.25, 0.3) is 0 Å². The van der Waals surface area contributed by atoms with Crippen LogP contribution >= 0.6 is 11.3 Å². The van der Waals surface area contributed by atoms with Gasteiger partial charge in [0.2, 0.25) is 0 Å². The monoisotopic (exact) mass is 274 g/mol. The molecule has 0 bridgehead atoms. The molecule has 2 aromatic rings. The fourth-order valence-electron chi connectivity index (χ4n) is 1.25. The number of anilines is 1. The molecule has 0 amide bonds. The largest absolute Gasteiger partial charge is 0.435 e. The van der Waals surface area contributed by atoms with E-state index in [2.05, 4.69) is 20.5 Å². The van der Waals surface area contributed by atoms with Crippen molar-refractivity contribution in [2.24, 2.45) is 0 Å². The lowest BCUT2D eigenvalue weighted by Gasteiger charge is -2.06. The minimum atomic E-state index is -4.45. The van der Waals surface area contributed by atoms with Crippen molar-refractivity contribution >= 4 is 17.2 Å². The Hall–Kier alpha value is -1.70. The molecule has 0 radical (unpaired) electrons. The van der Waals surface area contributed by atoms with Crippen molar-refractivity contribution in [3.8, 4) is 0 Å². The third-order valence-corrected chi connectivity index (χ3v) is 2.92. The maximum atomic E-state index is 12.2. The van der Waals surface area contributed by atoms with E-state index < -0.39 is 11.9 Å². The summed E-state index contributed by atoms with van der Waals surface area (Å²) >= 11 is 1.53. The van der Waals surface area contributed by atoms with Crippen LogP contribution in [0.2, 0.25) is 0 Å². The molecule has 0 aromatic carbocycles. The molecule has 0 saturated carbocycles. The van der Waals surface area contributed by atoms with Gasteiger partial charge in [-0.1, -0.05) is 0 Å². The Morgan fingerprint density at radius 2 is 2.06 bits per heavy atom. The van der Waals surface area contributed by atoms with Gasteiger partial charge in [0.05, 0.1) is 5.01 Å². The summed E-state index contributed by atoms with van der Waals surface area (Å²) in [7, 11) is 0. The van der Waals surface area contributed by atoms with Crippen molar-refractivity contribution in [3.63, 3.8) is 0 Å². The Morgan fingerprint density at radius 3 is 2.61 bits per heavy atom. The van der Waals surface area contributed by atoms with E-state index in [4.69, 9.17) is 0 Å². The molecule has 0 aliphatic carbocycles. The van der Waals surface area contributed by atoms with Gasteiger partial charge in [-0.25, -0.2) is 4.98 Å². The van der Waals surface area contributed by atoms with Gasteiger partial charge in [-0.05, 0) is 12.1 Å². The van der Waals surface area contributed by atoms with Crippen LogP contribution in [-0.4, -0.2) is 21.7 Å². The third-order valence-electron chi connectivity index (χ3n) is 2.08. The standard InChI is InChI=1S/C10H9F3N4S/c11-10(12,13)7-1-2-8(17-16-7)14-4-3-9-15-5-6-18-9/h1-2,5-6H,3-4H2,(H,14,17). The molecule has 0 unspecified atom stereocenters. The molecule has 18 heavy (non-hydrogen) atoms. The van der Waals surface area contributed by atoms with Gasteiger partial charge in [0.1, 0.15) is 5.82 Å². The second-order valence-corrected chi connectivity index (χ2v) is 4.38. The van der Waals surface area contributed by atoms with Gasteiger partial charge in [0.15, 0.2) is 5.69 Å². The first-order chi connectivity index (χ1) is 8.55. The van der Waals surface area contributed by atoms with Crippen LogP contribution in [-0.2, 0) is 12.6 Å². The number of alkyl halides is 3. The fourth-order valence-corrected chi connectivity index (χ4v) is 1.87. The normalized spacial score (nSPS) is 11.5. The van der Waals surface area contributed by atoms with Crippen LogP contribution in [0.1, 0.15) is 10.7 Å². The first kappa shape index (κ1) is 12.7. The Balaban J connectivity index is 1.87. The lowest BCUT2D eigenvalue weighted by atomic mass is 10.3. The maximum Gasteiger partial charge on any atom is 0.435 e. The van der Waals surface area contributed by atoms with Crippen molar-refractivity contribution in [3.05, 3.63) is 34.4 Å². The molecule has 0 spiro atoms. The first-order valence-electron chi connectivity index (χ1n) is 5.09. The zero-order valence-corrected chi connectivity index (χ0v) is 9.92. The van der Waals surface area contributed by atoms with Gasteiger partial charge >= 0.3 is 6.18 Å². The van der Waals surface area contributed by atoms with Gasteiger partial charge < -0.3 is 5.32 Å². The van der Waals surface area contributed by atoms with Crippen LogP contribution in [0.25, 0.3) is 0 Å². The summed E-state index contributed by atoms with van der Waals surface area (Å²) in [5.41, 5.74) is -0.993. The smallest absolute Gasteiger partial charge is 0.368 e. The number of thiazole rings is 1. The highest BCUT2D eigenvalue weighted by molar-refractivity contribution is 7.09. The van der Waals surface area contributed by atoms with E-state index >= 15 is 0 Å². The molecule has 2 heterocycles. The van der Waals surface area contributed by atoms with E-state index in [1.165, 1.54) is 17.4 Å². The fraction of sp³-hybridized carbons (Fsp3) is 0.300. The van der Waals surface area contributed by atoms with Crippen LogP contribution in [0.15, 0.2) is 23.7 Å². The van der Waals surface area contributed by atoms with Crippen LogP contribution < -0.4 is 5.32 Å². The average molecular weight is 274 g/mol. The molecule has 1 N–H and O–H groups in total. The zero-order chi connectivity index (χ0) is 13.0. The summed E-state index contributed by atoms with van der Waals surface area (Å²) in [5, 5.41) is 12.3. The molecular weight excluding hydrogens is 265 g/mol. The van der Waals surface area contributed by atoms with Crippen LogP contribution in [0.4, 0.5) is 19.0 Å². The summed E-state index contributed by atoms with van der Waals surface area (Å²) in [4.78, 5) is 4.09. The number of rotatable bonds is 4. The molecule has 0 aliphatic rings. The Bertz CT molecular complexity index is 481. The molecule has 0 fully saturated rings.